The normalized spacial score (nSPS) is 22.3. The zero-order valence-electron chi connectivity index (χ0n) is 14.3. The summed E-state index contributed by atoms with van der Waals surface area (Å²) in [5, 5.41) is 0. The molecule has 0 unspecified atom stereocenters. The van der Waals surface area contributed by atoms with Crippen molar-refractivity contribution in [3.05, 3.63) is 23.8 Å². The number of fused-ring (bicyclic) bond motifs is 1. The van der Waals surface area contributed by atoms with Crippen molar-refractivity contribution in [2.75, 3.05) is 33.0 Å². The molecule has 0 spiro atoms. The summed E-state index contributed by atoms with van der Waals surface area (Å²) in [7, 11) is 0. The summed E-state index contributed by atoms with van der Waals surface area (Å²) in [6.45, 7) is 2.67. The Morgan fingerprint density at radius 2 is 1.85 bits per heavy atom. The molecule has 8 heteroatoms. The van der Waals surface area contributed by atoms with E-state index in [4.69, 9.17) is 23.7 Å². The molecule has 0 aromatic heterocycles. The van der Waals surface area contributed by atoms with Gasteiger partial charge < -0.3 is 28.6 Å². The van der Waals surface area contributed by atoms with Crippen LogP contribution in [0.1, 0.15) is 18.4 Å². The van der Waals surface area contributed by atoms with E-state index in [9.17, 15) is 9.59 Å². The Morgan fingerprint density at radius 3 is 2.58 bits per heavy atom. The number of benzene rings is 1. The van der Waals surface area contributed by atoms with Crippen LogP contribution in [0.25, 0.3) is 0 Å². The standard InChI is InChI=1S/C18H21NO7/c20-16-4-3-14(26-16)18(21)19(11-17-24-7-8-25-17)10-12-1-2-13-15(9-12)23-6-5-22-13/h1-2,9,14,17H,3-8,10-11H2/t14-/m0/s1. The summed E-state index contributed by atoms with van der Waals surface area (Å²) < 4.78 is 27.2. The Labute approximate surface area is 150 Å². The smallest absolute Gasteiger partial charge is 0.306 e. The van der Waals surface area contributed by atoms with Crippen molar-refractivity contribution in [2.45, 2.75) is 31.8 Å². The molecule has 0 bridgehead atoms. The van der Waals surface area contributed by atoms with Crippen molar-refractivity contribution in [2.24, 2.45) is 0 Å². The van der Waals surface area contributed by atoms with E-state index in [1.165, 1.54) is 0 Å². The van der Waals surface area contributed by atoms with Gasteiger partial charge in [-0.15, -0.1) is 0 Å². The van der Waals surface area contributed by atoms with Gasteiger partial charge in [-0.25, -0.2) is 0 Å². The fourth-order valence-electron chi connectivity index (χ4n) is 3.23. The highest BCUT2D eigenvalue weighted by Gasteiger charge is 2.35. The number of nitrogens with zero attached hydrogens (tertiary/aromatic N) is 1. The molecule has 3 aliphatic rings. The van der Waals surface area contributed by atoms with Crippen LogP contribution in [0.4, 0.5) is 0 Å². The molecule has 0 aliphatic carbocycles. The Balaban J connectivity index is 1.50. The van der Waals surface area contributed by atoms with Gasteiger partial charge in [-0.05, 0) is 17.7 Å². The second-order valence-electron chi connectivity index (χ2n) is 6.39. The van der Waals surface area contributed by atoms with E-state index in [1.54, 1.807) is 4.90 Å². The fourth-order valence-corrected chi connectivity index (χ4v) is 3.23. The highest BCUT2D eigenvalue weighted by molar-refractivity contribution is 5.86. The van der Waals surface area contributed by atoms with Gasteiger partial charge >= 0.3 is 5.97 Å². The summed E-state index contributed by atoms with van der Waals surface area (Å²) in [6.07, 6.45) is -0.527. The van der Waals surface area contributed by atoms with Crippen molar-refractivity contribution >= 4 is 11.9 Å². The van der Waals surface area contributed by atoms with Crippen molar-refractivity contribution in [3.8, 4) is 11.5 Å². The molecule has 26 heavy (non-hydrogen) atoms. The minimum Gasteiger partial charge on any atom is -0.486 e. The molecule has 0 radical (unpaired) electrons. The predicted molar refractivity (Wildman–Crippen MR) is 87.7 cm³/mol. The molecular weight excluding hydrogens is 342 g/mol. The number of cyclic esters (lactones) is 1. The van der Waals surface area contributed by atoms with Gasteiger partial charge in [-0.1, -0.05) is 6.07 Å². The minimum atomic E-state index is -0.735. The molecule has 0 saturated carbocycles. The van der Waals surface area contributed by atoms with Crippen LogP contribution in [0.15, 0.2) is 18.2 Å². The van der Waals surface area contributed by atoms with Gasteiger partial charge in [0.15, 0.2) is 23.9 Å². The summed E-state index contributed by atoms with van der Waals surface area (Å²) >= 11 is 0. The zero-order chi connectivity index (χ0) is 17.9. The molecule has 4 rings (SSSR count). The average Bonchev–Trinajstić information content (AvgIpc) is 3.32. The lowest BCUT2D eigenvalue weighted by Gasteiger charge is -2.27. The van der Waals surface area contributed by atoms with Gasteiger partial charge in [-0.3, -0.25) is 9.59 Å². The fraction of sp³-hybridized carbons (Fsp3) is 0.556. The molecule has 8 nitrogen and oxygen atoms in total. The van der Waals surface area contributed by atoms with Gasteiger partial charge in [0.1, 0.15) is 13.2 Å². The van der Waals surface area contributed by atoms with Crippen molar-refractivity contribution in [1.29, 1.82) is 0 Å². The number of carbonyl (C=O) groups is 2. The number of hydrogen-bond acceptors (Lipinski definition) is 7. The SMILES string of the molecule is O=C1CC[C@@H](C(=O)N(Cc2ccc3c(c2)OCCO3)CC2OCCO2)O1. The molecule has 2 saturated heterocycles. The lowest BCUT2D eigenvalue weighted by molar-refractivity contribution is -0.156. The number of amides is 1. The van der Waals surface area contributed by atoms with E-state index < -0.39 is 12.4 Å². The lowest BCUT2D eigenvalue weighted by Crippen LogP contribution is -2.43. The van der Waals surface area contributed by atoms with Crippen LogP contribution in [-0.2, 0) is 30.3 Å². The van der Waals surface area contributed by atoms with E-state index in [2.05, 4.69) is 0 Å². The topological polar surface area (TPSA) is 83.5 Å². The summed E-state index contributed by atoms with van der Waals surface area (Å²) in [5.41, 5.74) is 0.893. The lowest BCUT2D eigenvalue weighted by atomic mass is 10.1. The third kappa shape index (κ3) is 3.76. The monoisotopic (exact) mass is 363 g/mol. The molecule has 1 aromatic rings. The minimum absolute atomic E-state index is 0.232. The maximum absolute atomic E-state index is 12.9. The number of esters is 1. The quantitative estimate of drug-likeness (QED) is 0.718. The maximum Gasteiger partial charge on any atom is 0.306 e. The van der Waals surface area contributed by atoms with E-state index in [-0.39, 0.29) is 24.8 Å². The van der Waals surface area contributed by atoms with Gasteiger partial charge in [0, 0.05) is 19.4 Å². The Kier molecular flexibility index (Phi) is 4.94. The predicted octanol–water partition coefficient (Wildman–Crippen LogP) is 0.865. The van der Waals surface area contributed by atoms with Crippen LogP contribution in [0.5, 0.6) is 11.5 Å². The second kappa shape index (κ2) is 7.51. The molecule has 1 atom stereocenters. The number of rotatable bonds is 5. The van der Waals surface area contributed by atoms with Crippen LogP contribution in [0.3, 0.4) is 0 Å². The highest BCUT2D eigenvalue weighted by Crippen LogP contribution is 2.31. The Bertz CT molecular complexity index is 686. The summed E-state index contributed by atoms with van der Waals surface area (Å²) in [6, 6.07) is 5.60. The van der Waals surface area contributed by atoms with Gasteiger partial charge in [0.05, 0.1) is 19.8 Å². The van der Waals surface area contributed by atoms with E-state index >= 15 is 0 Å². The molecular formula is C18H21NO7. The molecule has 2 fully saturated rings. The maximum atomic E-state index is 12.9. The average molecular weight is 363 g/mol. The molecule has 3 heterocycles. The molecule has 140 valence electrons. The van der Waals surface area contributed by atoms with Crippen LogP contribution >= 0.6 is 0 Å². The third-order valence-electron chi connectivity index (χ3n) is 4.51. The molecule has 0 N–H and O–H groups in total. The first-order chi connectivity index (χ1) is 12.7. The van der Waals surface area contributed by atoms with E-state index in [0.29, 0.717) is 50.9 Å². The molecule has 3 aliphatic heterocycles. The van der Waals surface area contributed by atoms with Crippen molar-refractivity contribution < 1.29 is 33.3 Å². The van der Waals surface area contributed by atoms with Gasteiger partial charge in [0.2, 0.25) is 0 Å². The number of carbonyl (C=O) groups excluding carboxylic acids is 2. The molecule has 1 amide bonds. The third-order valence-corrected chi connectivity index (χ3v) is 4.51. The number of ether oxygens (including phenoxy) is 5. The van der Waals surface area contributed by atoms with Gasteiger partial charge in [-0.2, -0.15) is 0 Å². The summed E-state index contributed by atoms with van der Waals surface area (Å²) in [4.78, 5) is 25.8. The van der Waals surface area contributed by atoms with Crippen molar-refractivity contribution in [1.82, 2.24) is 4.90 Å². The summed E-state index contributed by atoms with van der Waals surface area (Å²) in [5.74, 6) is 0.799. The van der Waals surface area contributed by atoms with Gasteiger partial charge in [0.25, 0.3) is 5.91 Å². The second-order valence-corrected chi connectivity index (χ2v) is 6.39. The highest BCUT2D eigenvalue weighted by atomic mass is 16.7. The van der Waals surface area contributed by atoms with Crippen LogP contribution in [0.2, 0.25) is 0 Å². The van der Waals surface area contributed by atoms with Crippen LogP contribution in [-0.4, -0.2) is 62.1 Å². The Hall–Kier alpha value is -2.32. The van der Waals surface area contributed by atoms with Crippen molar-refractivity contribution in [3.63, 3.8) is 0 Å². The van der Waals surface area contributed by atoms with Crippen LogP contribution in [0, 0.1) is 0 Å². The van der Waals surface area contributed by atoms with E-state index in [0.717, 1.165) is 5.56 Å². The molecule has 1 aromatic carbocycles. The first-order valence-corrected chi connectivity index (χ1v) is 8.79. The van der Waals surface area contributed by atoms with Crippen LogP contribution < -0.4 is 9.47 Å². The first kappa shape index (κ1) is 17.1. The Morgan fingerprint density at radius 1 is 1.08 bits per heavy atom. The largest absolute Gasteiger partial charge is 0.486 e. The van der Waals surface area contributed by atoms with E-state index in [1.807, 2.05) is 18.2 Å². The number of hydrogen-bond donors (Lipinski definition) is 0. The first-order valence-electron chi connectivity index (χ1n) is 8.79. The zero-order valence-corrected chi connectivity index (χ0v) is 14.3.